The first kappa shape index (κ1) is 19.3. The van der Waals surface area contributed by atoms with Gasteiger partial charge in [-0.3, -0.25) is 4.90 Å². The summed E-state index contributed by atoms with van der Waals surface area (Å²) in [7, 11) is 1.21. The van der Waals surface area contributed by atoms with Gasteiger partial charge >= 0.3 is 5.97 Å². The molecule has 1 aliphatic rings. The summed E-state index contributed by atoms with van der Waals surface area (Å²) >= 11 is 11.3. The Morgan fingerprint density at radius 1 is 1.19 bits per heavy atom. The Balaban J connectivity index is 2.19. The fourth-order valence-corrected chi connectivity index (χ4v) is 3.51. The minimum atomic E-state index is -1.12. The van der Waals surface area contributed by atoms with Crippen molar-refractivity contribution in [1.29, 1.82) is 0 Å². The molecule has 1 heterocycles. The number of rotatable bonds is 3. The van der Waals surface area contributed by atoms with Crippen LogP contribution in [0.2, 0.25) is 5.02 Å². The van der Waals surface area contributed by atoms with E-state index in [0.29, 0.717) is 16.4 Å². The molecule has 0 radical (unpaired) electrons. The number of thiocarbonyl (C=S) groups is 1. The highest BCUT2D eigenvalue weighted by atomic mass is 35.5. The van der Waals surface area contributed by atoms with E-state index in [1.807, 2.05) is 0 Å². The molecule has 0 aromatic heterocycles. The van der Waals surface area contributed by atoms with Crippen molar-refractivity contribution < 1.29 is 18.3 Å². The number of hydrogen-bond acceptors (Lipinski definition) is 3. The number of nitrogens with one attached hydrogen (secondary N) is 1. The molecule has 0 aliphatic carbocycles. The lowest BCUT2D eigenvalue weighted by molar-refractivity contribution is -0.136. The smallest absolute Gasteiger partial charge is 0.337 e. The van der Waals surface area contributed by atoms with Gasteiger partial charge in [-0.25, -0.2) is 13.6 Å². The summed E-state index contributed by atoms with van der Waals surface area (Å²) in [6.45, 7) is 1.64. The molecular weight excluding hydrogens is 394 g/mol. The highest BCUT2D eigenvalue weighted by Crippen LogP contribution is 2.36. The van der Waals surface area contributed by atoms with E-state index < -0.39 is 23.6 Å². The van der Waals surface area contributed by atoms with Crippen LogP contribution in [0.3, 0.4) is 0 Å². The molecule has 1 aliphatic heterocycles. The summed E-state index contributed by atoms with van der Waals surface area (Å²) in [6, 6.07) is 9.18. The molecule has 0 amide bonds. The molecule has 0 spiro atoms. The van der Waals surface area contributed by atoms with Gasteiger partial charge in [0.05, 0.1) is 24.3 Å². The number of hydrogen-bond donors (Lipinski definition) is 1. The lowest BCUT2D eigenvalue weighted by Gasteiger charge is -2.37. The minimum absolute atomic E-state index is 0.0602. The average Bonchev–Trinajstić information content (AvgIpc) is 2.62. The molecule has 0 saturated carbocycles. The van der Waals surface area contributed by atoms with Crippen molar-refractivity contribution in [2.24, 2.45) is 0 Å². The van der Waals surface area contributed by atoms with Gasteiger partial charge in [0.1, 0.15) is 11.6 Å². The van der Waals surface area contributed by atoms with Crippen LogP contribution in [0.5, 0.6) is 0 Å². The van der Waals surface area contributed by atoms with Crippen molar-refractivity contribution in [1.82, 2.24) is 5.32 Å². The molecule has 2 aromatic carbocycles. The molecule has 27 heavy (non-hydrogen) atoms. The number of carbonyl (C=O) groups is 1. The zero-order valence-corrected chi connectivity index (χ0v) is 16.0. The van der Waals surface area contributed by atoms with Gasteiger partial charge in [0.15, 0.2) is 5.11 Å². The van der Waals surface area contributed by atoms with E-state index in [9.17, 15) is 13.6 Å². The van der Waals surface area contributed by atoms with Crippen molar-refractivity contribution in [2.75, 3.05) is 12.0 Å². The molecule has 8 heteroatoms. The van der Waals surface area contributed by atoms with Crippen LogP contribution in [0.4, 0.5) is 14.5 Å². The normalized spacial score (nSPS) is 17.0. The molecule has 0 unspecified atom stereocenters. The lowest BCUT2D eigenvalue weighted by atomic mass is 9.94. The second-order valence-corrected chi connectivity index (χ2v) is 6.64. The van der Waals surface area contributed by atoms with E-state index in [0.717, 1.165) is 12.1 Å². The summed E-state index contributed by atoms with van der Waals surface area (Å²) in [4.78, 5) is 14.1. The van der Waals surface area contributed by atoms with Crippen LogP contribution in [-0.2, 0) is 9.53 Å². The Morgan fingerprint density at radius 2 is 1.78 bits per heavy atom. The van der Waals surface area contributed by atoms with Crippen molar-refractivity contribution in [3.05, 3.63) is 76.0 Å². The number of nitrogens with zero attached hydrogens (tertiary/aromatic N) is 1. The summed E-state index contributed by atoms with van der Waals surface area (Å²) in [5.41, 5.74) is 0.809. The molecule has 0 bridgehead atoms. The fraction of sp³-hybridized carbons (Fsp3) is 0.158. The van der Waals surface area contributed by atoms with Crippen molar-refractivity contribution in [2.45, 2.75) is 13.0 Å². The van der Waals surface area contributed by atoms with E-state index in [1.54, 1.807) is 36.1 Å². The van der Waals surface area contributed by atoms with Crippen LogP contribution < -0.4 is 10.2 Å². The van der Waals surface area contributed by atoms with E-state index >= 15 is 0 Å². The van der Waals surface area contributed by atoms with Crippen molar-refractivity contribution in [3.8, 4) is 0 Å². The predicted molar refractivity (Wildman–Crippen MR) is 103 cm³/mol. The summed E-state index contributed by atoms with van der Waals surface area (Å²) in [5.74, 6) is -2.29. The molecule has 0 fully saturated rings. The summed E-state index contributed by atoms with van der Waals surface area (Å²) < 4.78 is 33.6. The molecular formula is C19H15ClF2N2O2S. The average molecular weight is 409 g/mol. The monoisotopic (exact) mass is 408 g/mol. The molecule has 1 N–H and O–H groups in total. The predicted octanol–water partition coefficient (Wildman–Crippen LogP) is 4.50. The topological polar surface area (TPSA) is 41.6 Å². The van der Waals surface area contributed by atoms with Crippen LogP contribution in [0.1, 0.15) is 18.5 Å². The maximum atomic E-state index is 14.4. The molecule has 2 aromatic rings. The van der Waals surface area contributed by atoms with Crippen molar-refractivity contribution in [3.63, 3.8) is 0 Å². The standard InChI is InChI=1S/C19H15ClF2N2O2S/c1-10-15(18(25)26-2)17(16-13(21)4-3-5-14(16)22)23-19(27)24(10)12-8-6-11(20)7-9-12/h3-9,17H,1-2H3,(H,23,27)/t17-/m1/s1. The highest BCUT2D eigenvalue weighted by molar-refractivity contribution is 7.80. The molecule has 3 rings (SSSR count). The highest BCUT2D eigenvalue weighted by Gasteiger charge is 2.37. The number of anilines is 1. The molecule has 140 valence electrons. The number of methoxy groups -OCH3 is 1. The van der Waals surface area contributed by atoms with Crippen molar-refractivity contribution >= 4 is 40.6 Å². The fourth-order valence-electron chi connectivity index (χ4n) is 3.02. The Kier molecular flexibility index (Phi) is 5.43. The first-order valence-corrected chi connectivity index (χ1v) is 8.73. The number of ether oxygens (including phenoxy) is 1. The van der Waals surface area contributed by atoms with Gasteiger partial charge in [-0.2, -0.15) is 0 Å². The van der Waals surface area contributed by atoms with Gasteiger partial charge in [-0.15, -0.1) is 0 Å². The second kappa shape index (κ2) is 7.62. The molecule has 4 nitrogen and oxygen atoms in total. The Morgan fingerprint density at radius 3 is 2.33 bits per heavy atom. The minimum Gasteiger partial charge on any atom is -0.466 e. The lowest BCUT2D eigenvalue weighted by Crippen LogP contribution is -2.48. The molecule has 1 atom stereocenters. The largest absolute Gasteiger partial charge is 0.466 e. The van der Waals surface area contributed by atoms with E-state index in [4.69, 9.17) is 28.6 Å². The second-order valence-electron chi connectivity index (χ2n) is 5.82. The maximum Gasteiger partial charge on any atom is 0.337 e. The first-order chi connectivity index (χ1) is 12.8. The van der Waals surface area contributed by atoms with Gasteiger partial charge in [0, 0.05) is 16.4 Å². The third kappa shape index (κ3) is 3.52. The third-order valence-electron chi connectivity index (χ3n) is 4.26. The summed E-state index contributed by atoms with van der Waals surface area (Å²) in [5, 5.41) is 3.59. The van der Waals surface area contributed by atoms with Gasteiger partial charge in [-0.1, -0.05) is 17.7 Å². The third-order valence-corrected chi connectivity index (χ3v) is 4.82. The van der Waals surface area contributed by atoms with Gasteiger partial charge < -0.3 is 10.1 Å². The Bertz CT molecular complexity index is 927. The quantitative estimate of drug-likeness (QED) is 0.598. The SMILES string of the molecule is COC(=O)C1=C(C)N(c2ccc(Cl)cc2)C(=S)N[C@H]1c1c(F)cccc1F. The van der Waals surface area contributed by atoms with Gasteiger partial charge in [0.2, 0.25) is 0 Å². The molecule has 0 saturated heterocycles. The van der Waals surface area contributed by atoms with E-state index in [1.165, 1.54) is 13.2 Å². The number of halogens is 3. The Labute approximate surface area is 165 Å². The number of carbonyl (C=O) groups excluding carboxylic acids is 1. The maximum absolute atomic E-state index is 14.4. The van der Waals surface area contributed by atoms with Crippen LogP contribution in [-0.4, -0.2) is 18.2 Å². The Hall–Kier alpha value is -2.51. The van der Waals surface area contributed by atoms with Crippen LogP contribution in [0.15, 0.2) is 53.7 Å². The number of allylic oxidation sites excluding steroid dienone is 1. The van der Waals surface area contributed by atoms with E-state index in [-0.39, 0.29) is 16.2 Å². The van der Waals surface area contributed by atoms with Crippen LogP contribution in [0, 0.1) is 11.6 Å². The van der Waals surface area contributed by atoms with Crippen LogP contribution in [0.25, 0.3) is 0 Å². The van der Waals surface area contributed by atoms with Gasteiger partial charge in [-0.05, 0) is 55.5 Å². The number of esters is 1. The van der Waals surface area contributed by atoms with Crippen LogP contribution >= 0.6 is 23.8 Å². The van der Waals surface area contributed by atoms with Gasteiger partial charge in [0.25, 0.3) is 0 Å². The zero-order valence-electron chi connectivity index (χ0n) is 14.4. The van der Waals surface area contributed by atoms with E-state index in [2.05, 4.69) is 5.32 Å². The first-order valence-electron chi connectivity index (χ1n) is 7.94. The summed E-state index contributed by atoms with van der Waals surface area (Å²) in [6.07, 6.45) is 0. The zero-order chi connectivity index (χ0) is 19.7. The number of benzene rings is 2.